The van der Waals surface area contributed by atoms with Crippen LogP contribution in [-0.2, 0) is 19.3 Å². The fraction of sp³-hybridized carbons (Fsp3) is 0.292. The Morgan fingerprint density at radius 2 is 1.76 bits per heavy atom. The van der Waals surface area contributed by atoms with Gasteiger partial charge in [0, 0.05) is 18.5 Å². The van der Waals surface area contributed by atoms with Crippen molar-refractivity contribution < 1.29 is 14.3 Å². The highest BCUT2D eigenvalue weighted by atomic mass is 32.1. The van der Waals surface area contributed by atoms with E-state index in [0.29, 0.717) is 18.0 Å². The summed E-state index contributed by atoms with van der Waals surface area (Å²) >= 11 is 1.62. The minimum Gasteiger partial charge on any atom is -0.493 e. The molecule has 0 bridgehead atoms. The van der Waals surface area contributed by atoms with Crippen LogP contribution < -0.4 is 9.47 Å². The molecule has 0 aliphatic heterocycles. The van der Waals surface area contributed by atoms with E-state index in [-0.39, 0.29) is 5.91 Å². The van der Waals surface area contributed by atoms with E-state index in [0.717, 1.165) is 29.7 Å². The standard InChI is InChI=1S/C24H25NO3S/c1-25(13-12-16-8-11-20(27-2)21(14-16)28-3)24(26)22-15-18-10-9-17-6-4-5-7-19(17)23(18)29-22/h4-8,11,14-15H,9-10,12-13H2,1-3H3. The summed E-state index contributed by atoms with van der Waals surface area (Å²) in [5.41, 5.74) is 5.07. The Balaban J connectivity index is 1.46. The largest absolute Gasteiger partial charge is 0.493 e. The van der Waals surface area contributed by atoms with Crippen molar-refractivity contribution in [3.63, 3.8) is 0 Å². The number of ether oxygens (including phenoxy) is 2. The quantitative estimate of drug-likeness (QED) is 0.587. The minimum atomic E-state index is 0.0855. The number of amides is 1. The first kappa shape index (κ1) is 19.5. The highest BCUT2D eigenvalue weighted by Gasteiger charge is 2.22. The van der Waals surface area contributed by atoms with Gasteiger partial charge in [0.2, 0.25) is 0 Å². The van der Waals surface area contributed by atoms with Gasteiger partial charge < -0.3 is 14.4 Å². The van der Waals surface area contributed by atoms with Crippen LogP contribution in [0.5, 0.6) is 11.5 Å². The molecule has 1 amide bonds. The van der Waals surface area contributed by atoms with Crippen molar-refractivity contribution in [3.05, 3.63) is 70.1 Å². The maximum Gasteiger partial charge on any atom is 0.263 e. The van der Waals surface area contributed by atoms with Crippen LogP contribution in [0, 0.1) is 0 Å². The molecular weight excluding hydrogens is 382 g/mol. The summed E-state index contributed by atoms with van der Waals surface area (Å²) in [5, 5.41) is 0. The molecule has 0 fully saturated rings. The number of aryl methyl sites for hydroxylation is 2. The summed E-state index contributed by atoms with van der Waals surface area (Å²) in [5.74, 6) is 1.51. The van der Waals surface area contributed by atoms with Crippen molar-refractivity contribution in [2.24, 2.45) is 0 Å². The summed E-state index contributed by atoms with van der Waals surface area (Å²) in [7, 11) is 5.13. The lowest BCUT2D eigenvalue weighted by molar-refractivity contribution is 0.0801. The Bertz CT molecular complexity index is 1040. The van der Waals surface area contributed by atoms with E-state index in [1.54, 1.807) is 30.5 Å². The first-order valence-electron chi connectivity index (χ1n) is 9.78. The second kappa shape index (κ2) is 8.29. The second-order valence-electron chi connectivity index (χ2n) is 7.29. The van der Waals surface area contributed by atoms with Gasteiger partial charge in [-0.25, -0.2) is 0 Å². The summed E-state index contributed by atoms with van der Waals surface area (Å²) in [6, 6.07) is 16.5. The number of hydrogen-bond acceptors (Lipinski definition) is 4. The summed E-state index contributed by atoms with van der Waals surface area (Å²) < 4.78 is 10.7. The van der Waals surface area contributed by atoms with E-state index in [9.17, 15) is 4.79 Å². The van der Waals surface area contributed by atoms with Crippen LogP contribution in [-0.4, -0.2) is 38.6 Å². The molecule has 1 aliphatic carbocycles. The third-order valence-electron chi connectivity index (χ3n) is 5.48. The van der Waals surface area contributed by atoms with Crippen LogP contribution >= 0.6 is 11.3 Å². The topological polar surface area (TPSA) is 38.8 Å². The molecule has 1 aromatic heterocycles. The Morgan fingerprint density at radius 3 is 2.55 bits per heavy atom. The van der Waals surface area contributed by atoms with Crippen LogP contribution in [0.2, 0.25) is 0 Å². The third-order valence-corrected chi connectivity index (χ3v) is 6.67. The van der Waals surface area contributed by atoms with Gasteiger partial charge in [-0.2, -0.15) is 0 Å². The number of rotatable bonds is 6. The number of carbonyl (C=O) groups excluding carboxylic acids is 1. The van der Waals surface area contributed by atoms with Crippen molar-refractivity contribution in [1.82, 2.24) is 4.90 Å². The fourth-order valence-corrected chi connectivity index (χ4v) is 5.06. The SMILES string of the molecule is COc1ccc(CCN(C)C(=O)c2cc3c(s2)-c2ccccc2CC3)cc1OC. The van der Waals surface area contributed by atoms with Crippen molar-refractivity contribution in [3.8, 4) is 21.9 Å². The van der Waals surface area contributed by atoms with E-state index in [4.69, 9.17) is 9.47 Å². The van der Waals surface area contributed by atoms with E-state index in [1.807, 2.05) is 25.2 Å². The van der Waals surface area contributed by atoms with E-state index in [1.165, 1.54) is 21.6 Å². The monoisotopic (exact) mass is 407 g/mol. The lowest BCUT2D eigenvalue weighted by Crippen LogP contribution is -2.28. The van der Waals surface area contributed by atoms with E-state index < -0.39 is 0 Å². The minimum absolute atomic E-state index is 0.0855. The number of carbonyl (C=O) groups is 1. The van der Waals surface area contributed by atoms with Gasteiger partial charge in [-0.3, -0.25) is 4.79 Å². The molecule has 3 aromatic rings. The first-order valence-corrected chi connectivity index (χ1v) is 10.6. The Kier molecular flexibility index (Phi) is 5.58. The van der Waals surface area contributed by atoms with Crippen molar-refractivity contribution in [2.75, 3.05) is 27.8 Å². The molecule has 2 aromatic carbocycles. The van der Waals surface area contributed by atoms with Crippen molar-refractivity contribution in [1.29, 1.82) is 0 Å². The Morgan fingerprint density at radius 1 is 1.00 bits per heavy atom. The summed E-state index contributed by atoms with van der Waals surface area (Å²) in [4.78, 5) is 16.9. The number of likely N-dealkylation sites (N-methyl/N-ethyl adjacent to an activating group) is 1. The lowest BCUT2D eigenvalue weighted by Gasteiger charge is -2.17. The van der Waals surface area contributed by atoms with Gasteiger partial charge in [0.25, 0.3) is 5.91 Å². The second-order valence-corrected chi connectivity index (χ2v) is 8.34. The zero-order valence-corrected chi connectivity index (χ0v) is 17.8. The molecule has 1 heterocycles. The predicted molar refractivity (Wildman–Crippen MR) is 117 cm³/mol. The van der Waals surface area contributed by atoms with Crippen molar-refractivity contribution >= 4 is 17.2 Å². The van der Waals surface area contributed by atoms with Crippen LogP contribution in [0.15, 0.2) is 48.5 Å². The number of fused-ring (bicyclic) bond motifs is 3. The number of benzene rings is 2. The molecule has 0 saturated heterocycles. The average Bonchev–Trinajstić information content (AvgIpc) is 3.21. The number of thiophene rings is 1. The molecule has 5 heteroatoms. The summed E-state index contributed by atoms with van der Waals surface area (Å²) in [6.07, 6.45) is 2.81. The molecule has 0 radical (unpaired) electrons. The van der Waals surface area contributed by atoms with Gasteiger partial charge in [-0.1, -0.05) is 30.3 Å². The molecule has 4 rings (SSSR count). The van der Waals surface area contributed by atoms with Gasteiger partial charge in [0.05, 0.1) is 19.1 Å². The van der Waals surface area contributed by atoms with Gasteiger partial charge in [0.1, 0.15) is 0 Å². The molecule has 0 spiro atoms. The van der Waals surface area contributed by atoms with Gasteiger partial charge in [-0.15, -0.1) is 11.3 Å². The molecule has 0 atom stereocenters. The molecule has 0 unspecified atom stereocenters. The first-order chi connectivity index (χ1) is 14.1. The highest BCUT2D eigenvalue weighted by Crippen LogP contribution is 2.39. The average molecular weight is 408 g/mol. The maximum atomic E-state index is 13.0. The lowest BCUT2D eigenvalue weighted by atomic mass is 9.91. The molecule has 4 nitrogen and oxygen atoms in total. The molecule has 0 saturated carbocycles. The molecule has 1 aliphatic rings. The van der Waals surface area contributed by atoms with Crippen LogP contribution in [0.4, 0.5) is 0 Å². The third kappa shape index (κ3) is 3.87. The molecule has 150 valence electrons. The maximum absolute atomic E-state index is 13.0. The smallest absolute Gasteiger partial charge is 0.263 e. The van der Waals surface area contributed by atoms with Gasteiger partial charge in [0.15, 0.2) is 11.5 Å². The van der Waals surface area contributed by atoms with Crippen LogP contribution in [0.1, 0.15) is 26.4 Å². The van der Waals surface area contributed by atoms with Gasteiger partial charge in [-0.05, 0) is 59.7 Å². The highest BCUT2D eigenvalue weighted by molar-refractivity contribution is 7.17. The molecule has 0 N–H and O–H groups in total. The Labute approximate surface area is 175 Å². The van der Waals surface area contributed by atoms with Gasteiger partial charge >= 0.3 is 0 Å². The van der Waals surface area contributed by atoms with E-state index in [2.05, 4.69) is 30.3 Å². The fourth-order valence-electron chi connectivity index (χ4n) is 3.80. The van der Waals surface area contributed by atoms with Crippen LogP contribution in [0.25, 0.3) is 10.4 Å². The molecule has 29 heavy (non-hydrogen) atoms. The number of hydrogen-bond donors (Lipinski definition) is 0. The number of methoxy groups -OCH3 is 2. The zero-order valence-electron chi connectivity index (χ0n) is 17.0. The Hall–Kier alpha value is -2.79. The normalized spacial score (nSPS) is 12.1. The number of nitrogens with zero attached hydrogens (tertiary/aromatic N) is 1. The van der Waals surface area contributed by atoms with E-state index >= 15 is 0 Å². The molecular formula is C24H25NO3S. The van der Waals surface area contributed by atoms with Crippen molar-refractivity contribution in [2.45, 2.75) is 19.3 Å². The van der Waals surface area contributed by atoms with Crippen LogP contribution in [0.3, 0.4) is 0 Å². The summed E-state index contributed by atoms with van der Waals surface area (Å²) in [6.45, 7) is 0.646. The predicted octanol–water partition coefficient (Wildman–Crippen LogP) is 4.85. The zero-order chi connectivity index (χ0) is 20.4.